The van der Waals surface area contributed by atoms with Gasteiger partial charge in [0, 0.05) is 10.9 Å². The standard InChI is InChI=1S/C13H19BrN2O2/c1-18-12-7-6-10(14)9-11(12)16-13(17)5-3-2-4-8-15/h6-7,9H,2-5,8,15H2,1H3,(H,16,17). The van der Waals surface area contributed by atoms with Crippen molar-refractivity contribution in [3.05, 3.63) is 22.7 Å². The van der Waals surface area contributed by atoms with Crippen molar-refractivity contribution in [3.8, 4) is 5.75 Å². The lowest BCUT2D eigenvalue weighted by atomic mass is 10.2. The highest BCUT2D eigenvalue weighted by molar-refractivity contribution is 9.10. The van der Waals surface area contributed by atoms with E-state index in [4.69, 9.17) is 10.5 Å². The van der Waals surface area contributed by atoms with Crippen LogP contribution in [0.25, 0.3) is 0 Å². The van der Waals surface area contributed by atoms with Crippen molar-refractivity contribution < 1.29 is 9.53 Å². The van der Waals surface area contributed by atoms with E-state index in [2.05, 4.69) is 21.2 Å². The molecule has 0 aromatic heterocycles. The first-order valence-corrected chi connectivity index (χ1v) is 6.80. The maximum Gasteiger partial charge on any atom is 0.224 e. The molecule has 0 aliphatic heterocycles. The van der Waals surface area contributed by atoms with Crippen LogP contribution in [-0.2, 0) is 4.79 Å². The molecule has 0 bridgehead atoms. The van der Waals surface area contributed by atoms with Crippen molar-refractivity contribution in [1.82, 2.24) is 0 Å². The average molecular weight is 315 g/mol. The van der Waals surface area contributed by atoms with Crippen molar-refractivity contribution >= 4 is 27.5 Å². The number of unbranched alkanes of at least 4 members (excludes halogenated alkanes) is 2. The molecule has 0 saturated carbocycles. The van der Waals surface area contributed by atoms with Crippen LogP contribution in [0.2, 0.25) is 0 Å². The molecular formula is C13H19BrN2O2. The molecule has 0 atom stereocenters. The Balaban J connectivity index is 2.50. The number of methoxy groups -OCH3 is 1. The van der Waals surface area contributed by atoms with Gasteiger partial charge in [-0.2, -0.15) is 0 Å². The minimum Gasteiger partial charge on any atom is -0.495 e. The SMILES string of the molecule is COc1ccc(Br)cc1NC(=O)CCCCCN. The molecule has 100 valence electrons. The topological polar surface area (TPSA) is 64.3 Å². The molecule has 18 heavy (non-hydrogen) atoms. The molecular weight excluding hydrogens is 296 g/mol. The van der Waals surface area contributed by atoms with Gasteiger partial charge in [-0.05, 0) is 37.6 Å². The van der Waals surface area contributed by atoms with Gasteiger partial charge in [0.25, 0.3) is 0 Å². The zero-order valence-electron chi connectivity index (χ0n) is 10.5. The molecule has 4 nitrogen and oxygen atoms in total. The van der Waals surface area contributed by atoms with Gasteiger partial charge >= 0.3 is 0 Å². The van der Waals surface area contributed by atoms with Crippen LogP contribution in [0.5, 0.6) is 5.75 Å². The molecule has 0 unspecified atom stereocenters. The summed E-state index contributed by atoms with van der Waals surface area (Å²) in [7, 11) is 1.58. The van der Waals surface area contributed by atoms with Gasteiger partial charge < -0.3 is 15.8 Å². The first kappa shape index (κ1) is 15.0. The second-order valence-electron chi connectivity index (χ2n) is 3.99. The van der Waals surface area contributed by atoms with Crippen LogP contribution in [0, 0.1) is 0 Å². The molecule has 3 N–H and O–H groups in total. The summed E-state index contributed by atoms with van der Waals surface area (Å²) in [5, 5.41) is 2.85. The predicted molar refractivity (Wildman–Crippen MR) is 76.8 cm³/mol. The van der Waals surface area contributed by atoms with E-state index >= 15 is 0 Å². The Morgan fingerprint density at radius 1 is 1.39 bits per heavy atom. The first-order chi connectivity index (χ1) is 8.67. The third-order valence-electron chi connectivity index (χ3n) is 2.54. The molecule has 0 saturated heterocycles. The van der Waals surface area contributed by atoms with Crippen LogP contribution in [0.15, 0.2) is 22.7 Å². The number of benzene rings is 1. The fourth-order valence-electron chi connectivity index (χ4n) is 1.60. The first-order valence-electron chi connectivity index (χ1n) is 6.01. The Morgan fingerprint density at radius 3 is 2.83 bits per heavy atom. The maximum absolute atomic E-state index is 11.7. The van der Waals surface area contributed by atoms with Crippen LogP contribution in [0.4, 0.5) is 5.69 Å². The summed E-state index contributed by atoms with van der Waals surface area (Å²) in [4.78, 5) is 11.7. The molecule has 0 aliphatic carbocycles. The Morgan fingerprint density at radius 2 is 2.17 bits per heavy atom. The van der Waals surface area contributed by atoms with Crippen molar-refractivity contribution in [2.45, 2.75) is 25.7 Å². The largest absolute Gasteiger partial charge is 0.495 e. The van der Waals surface area contributed by atoms with Gasteiger partial charge in [-0.1, -0.05) is 22.4 Å². The van der Waals surface area contributed by atoms with E-state index in [1.807, 2.05) is 18.2 Å². The Hall–Kier alpha value is -1.07. The number of hydrogen-bond acceptors (Lipinski definition) is 3. The number of carbonyl (C=O) groups excluding carboxylic acids is 1. The fourth-order valence-corrected chi connectivity index (χ4v) is 1.96. The van der Waals surface area contributed by atoms with Crippen molar-refractivity contribution in [3.63, 3.8) is 0 Å². The zero-order chi connectivity index (χ0) is 13.4. The maximum atomic E-state index is 11.7. The highest BCUT2D eigenvalue weighted by atomic mass is 79.9. The lowest BCUT2D eigenvalue weighted by molar-refractivity contribution is -0.116. The van der Waals surface area contributed by atoms with Gasteiger partial charge in [-0.3, -0.25) is 4.79 Å². The highest BCUT2D eigenvalue weighted by Gasteiger charge is 2.07. The van der Waals surface area contributed by atoms with Gasteiger partial charge in [0.1, 0.15) is 5.75 Å². The van der Waals surface area contributed by atoms with Crippen molar-refractivity contribution in [2.24, 2.45) is 5.73 Å². The van der Waals surface area contributed by atoms with Crippen molar-refractivity contribution in [2.75, 3.05) is 19.0 Å². The number of ether oxygens (including phenoxy) is 1. The number of nitrogens with one attached hydrogen (secondary N) is 1. The van der Waals surface area contributed by atoms with Crippen LogP contribution >= 0.6 is 15.9 Å². The van der Waals surface area contributed by atoms with Crippen LogP contribution in [0.1, 0.15) is 25.7 Å². The smallest absolute Gasteiger partial charge is 0.224 e. The van der Waals surface area contributed by atoms with Gasteiger partial charge in [0.2, 0.25) is 5.91 Å². The minimum atomic E-state index is 0.00317. The van der Waals surface area contributed by atoms with Gasteiger partial charge in [0.15, 0.2) is 0 Å². The fraction of sp³-hybridized carbons (Fsp3) is 0.462. The number of nitrogens with two attached hydrogens (primary N) is 1. The second-order valence-corrected chi connectivity index (χ2v) is 4.91. The summed E-state index contributed by atoms with van der Waals surface area (Å²) < 4.78 is 6.10. The molecule has 1 rings (SSSR count). The monoisotopic (exact) mass is 314 g/mol. The summed E-state index contributed by atoms with van der Waals surface area (Å²) in [6.45, 7) is 0.682. The van der Waals surface area contributed by atoms with Gasteiger partial charge in [-0.25, -0.2) is 0 Å². The quantitative estimate of drug-likeness (QED) is 0.761. The molecule has 1 aromatic rings. The molecule has 0 spiro atoms. The summed E-state index contributed by atoms with van der Waals surface area (Å²) in [5.74, 6) is 0.664. The molecule has 5 heteroatoms. The number of carbonyl (C=O) groups is 1. The van der Waals surface area contributed by atoms with Gasteiger partial charge in [-0.15, -0.1) is 0 Å². The number of hydrogen-bond donors (Lipinski definition) is 2. The van der Waals surface area contributed by atoms with E-state index in [0.29, 0.717) is 24.4 Å². The van der Waals surface area contributed by atoms with Crippen LogP contribution in [0.3, 0.4) is 0 Å². The normalized spacial score (nSPS) is 10.2. The number of anilines is 1. The van der Waals surface area contributed by atoms with Crippen LogP contribution in [-0.4, -0.2) is 19.6 Å². The van der Waals surface area contributed by atoms with Gasteiger partial charge in [0.05, 0.1) is 12.8 Å². The predicted octanol–water partition coefficient (Wildman–Crippen LogP) is 2.92. The summed E-state index contributed by atoms with van der Waals surface area (Å²) in [6.07, 6.45) is 3.32. The molecule has 1 amide bonds. The number of halogens is 1. The second kappa shape index (κ2) is 8.11. The average Bonchev–Trinajstić information content (AvgIpc) is 2.35. The summed E-state index contributed by atoms with van der Waals surface area (Å²) in [5.41, 5.74) is 6.09. The third-order valence-corrected chi connectivity index (χ3v) is 3.04. The third kappa shape index (κ3) is 5.06. The lowest BCUT2D eigenvalue weighted by Crippen LogP contribution is -2.12. The van der Waals surface area contributed by atoms with E-state index in [9.17, 15) is 4.79 Å². The number of rotatable bonds is 7. The zero-order valence-corrected chi connectivity index (χ0v) is 12.1. The highest BCUT2D eigenvalue weighted by Crippen LogP contribution is 2.28. The van der Waals surface area contributed by atoms with Crippen molar-refractivity contribution in [1.29, 1.82) is 0 Å². The Bertz CT molecular complexity index is 397. The molecule has 0 heterocycles. The molecule has 0 radical (unpaired) electrons. The van der Waals surface area contributed by atoms with E-state index in [-0.39, 0.29) is 5.91 Å². The summed E-state index contributed by atoms with van der Waals surface area (Å²) >= 11 is 3.37. The van der Waals surface area contributed by atoms with E-state index in [1.54, 1.807) is 7.11 Å². The van der Waals surface area contributed by atoms with E-state index in [1.165, 1.54) is 0 Å². The molecule has 0 aliphatic rings. The lowest BCUT2D eigenvalue weighted by Gasteiger charge is -2.10. The number of amides is 1. The molecule has 1 aromatic carbocycles. The Labute approximate surface area is 116 Å². The van der Waals surface area contributed by atoms with Crippen LogP contribution < -0.4 is 15.8 Å². The van der Waals surface area contributed by atoms with E-state index in [0.717, 1.165) is 23.7 Å². The minimum absolute atomic E-state index is 0.00317. The summed E-state index contributed by atoms with van der Waals surface area (Å²) in [6, 6.07) is 5.51. The molecule has 0 fully saturated rings. The van der Waals surface area contributed by atoms with E-state index < -0.39 is 0 Å². The Kier molecular flexibility index (Phi) is 6.75.